The van der Waals surface area contributed by atoms with Gasteiger partial charge in [0.25, 0.3) is 0 Å². The van der Waals surface area contributed by atoms with Gasteiger partial charge in [-0.3, -0.25) is 0 Å². The Labute approximate surface area is 139 Å². The van der Waals surface area contributed by atoms with Gasteiger partial charge in [0.1, 0.15) is 0 Å². The van der Waals surface area contributed by atoms with E-state index in [0.717, 1.165) is 27.8 Å². The molecule has 0 fully saturated rings. The Morgan fingerprint density at radius 2 is 1.77 bits per heavy atom. The molecule has 0 atom stereocenters. The summed E-state index contributed by atoms with van der Waals surface area (Å²) in [7, 11) is 1.98. The third-order valence-corrected chi connectivity index (χ3v) is 3.92. The van der Waals surface area contributed by atoms with Gasteiger partial charge in [-0.2, -0.15) is 0 Å². The zero-order valence-corrected chi connectivity index (χ0v) is 13.6. The quantitative estimate of drug-likeness (QED) is 0.728. The molecule has 1 aromatic heterocycles. The fourth-order valence-electron chi connectivity index (χ4n) is 2.32. The summed E-state index contributed by atoms with van der Waals surface area (Å²) < 4.78 is 2.01. The Balaban J connectivity index is 1.79. The third kappa shape index (κ3) is 3.26. The average molecular weight is 332 g/mol. The molecule has 0 aliphatic heterocycles. The van der Waals surface area contributed by atoms with Crippen LogP contribution in [0.1, 0.15) is 5.56 Å². The lowest BCUT2D eigenvalue weighted by molar-refractivity contribution is 0.907. The van der Waals surface area contributed by atoms with Gasteiger partial charge in [-0.15, -0.1) is 0 Å². The van der Waals surface area contributed by atoms with Crippen LogP contribution >= 0.6 is 23.2 Å². The van der Waals surface area contributed by atoms with Crippen LogP contribution in [-0.2, 0) is 13.6 Å². The van der Waals surface area contributed by atoms with Gasteiger partial charge in [-0.25, -0.2) is 4.98 Å². The van der Waals surface area contributed by atoms with Crippen molar-refractivity contribution in [1.82, 2.24) is 9.55 Å². The van der Waals surface area contributed by atoms with E-state index < -0.39 is 0 Å². The minimum atomic E-state index is 0.667. The van der Waals surface area contributed by atoms with E-state index in [9.17, 15) is 0 Å². The zero-order chi connectivity index (χ0) is 15.5. The molecule has 112 valence electrons. The fraction of sp³-hybridized carbons (Fsp3) is 0.118. The molecule has 0 unspecified atom stereocenters. The SMILES string of the molecule is Cn1c(-c2cccc(Cl)c2)cnc1NCc1cccc(Cl)c1. The topological polar surface area (TPSA) is 29.9 Å². The van der Waals surface area contributed by atoms with Crippen LogP contribution in [-0.4, -0.2) is 9.55 Å². The number of rotatable bonds is 4. The molecule has 1 N–H and O–H groups in total. The van der Waals surface area contributed by atoms with E-state index in [0.29, 0.717) is 11.6 Å². The molecule has 3 aromatic rings. The van der Waals surface area contributed by atoms with Crippen LogP contribution in [0.15, 0.2) is 54.7 Å². The van der Waals surface area contributed by atoms with Crippen LogP contribution < -0.4 is 5.32 Å². The molecule has 2 aromatic carbocycles. The minimum absolute atomic E-state index is 0.667. The summed E-state index contributed by atoms with van der Waals surface area (Å²) in [6.07, 6.45) is 1.84. The second kappa shape index (κ2) is 6.42. The Morgan fingerprint density at radius 3 is 2.50 bits per heavy atom. The molecule has 0 amide bonds. The van der Waals surface area contributed by atoms with Crippen molar-refractivity contribution in [3.8, 4) is 11.3 Å². The van der Waals surface area contributed by atoms with E-state index in [1.54, 1.807) is 0 Å². The monoisotopic (exact) mass is 331 g/mol. The highest BCUT2D eigenvalue weighted by Crippen LogP contribution is 2.24. The average Bonchev–Trinajstić information content (AvgIpc) is 2.86. The van der Waals surface area contributed by atoms with E-state index in [1.165, 1.54) is 0 Å². The lowest BCUT2D eigenvalue weighted by Crippen LogP contribution is -2.05. The third-order valence-electron chi connectivity index (χ3n) is 3.45. The maximum Gasteiger partial charge on any atom is 0.203 e. The summed E-state index contributed by atoms with van der Waals surface area (Å²) in [6.45, 7) is 0.667. The van der Waals surface area contributed by atoms with Gasteiger partial charge in [-0.1, -0.05) is 47.5 Å². The molecule has 0 saturated carbocycles. The van der Waals surface area contributed by atoms with Crippen molar-refractivity contribution in [1.29, 1.82) is 0 Å². The molecule has 0 radical (unpaired) electrons. The molecule has 3 rings (SSSR count). The molecular weight excluding hydrogens is 317 g/mol. The molecule has 22 heavy (non-hydrogen) atoms. The zero-order valence-electron chi connectivity index (χ0n) is 12.1. The van der Waals surface area contributed by atoms with Crippen LogP contribution in [0.25, 0.3) is 11.3 Å². The van der Waals surface area contributed by atoms with E-state index >= 15 is 0 Å². The highest BCUT2D eigenvalue weighted by molar-refractivity contribution is 6.31. The van der Waals surface area contributed by atoms with E-state index in [4.69, 9.17) is 23.2 Å². The number of benzene rings is 2. The molecule has 1 heterocycles. The number of hydrogen-bond donors (Lipinski definition) is 1. The number of imidazole rings is 1. The van der Waals surface area contributed by atoms with Crippen molar-refractivity contribution in [3.05, 3.63) is 70.3 Å². The van der Waals surface area contributed by atoms with Crippen molar-refractivity contribution in [2.45, 2.75) is 6.54 Å². The summed E-state index contributed by atoms with van der Waals surface area (Å²) in [4.78, 5) is 4.44. The van der Waals surface area contributed by atoms with Gasteiger partial charge < -0.3 is 9.88 Å². The Hall–Kier alpha value is -1.97. The summed E-state index contributed by atoms with van der Waals surface area (Å²) in [5, 5.41) is 4.77. The van der Waals surface area contributed by atoms with Crippen LogP contribution in [0, 0.1) is 0 Å². The predicted molar refractivity (Wildman–Crippen MR) is 92.4 cm³/mol. The number of anilines is 1. The predicted octanol–water partition coefficient (Wildman–Crippen LogP) is 5.01. The Bertz CT molecular complexity index is 796. The molecular formula is C17H15Cl2N3. The van der Waals surface area contributed by atoms with E-state index in [-0.39, 0.29) is 0 Å². The van der Waals surface area contributed by atoms with Gasteiger partial charge in [-0.05, 0) is 29.8 Å². The summed E-state index contributed by atoms with van der Waals surface area (Å²) in [5.41, 5.74) is 3.16. The molecule has 0 aliphatic carbocycles. The van der Waals surface area contributed by atoms with E-state index in [2.05, 4.69) is 10.3 Å². The first-order valence-corrected chi connectivity index (χ1v) is 7.65. The number of nitrogens with one attached hydrogen (secondary N) is 1. The molecule has 0 spiro atoms. The van der Waals surface area contributed by atoms with E-state index in [1.807, 2.05) is 66.3 Å². The molecule has 0 aliphatic rings. The Morgan fingerprint density at radius 1 is 1.05 bits per heavy atom. The van der Waals surface area contributed by atoms with Gasteiger partial charge in [0.15, 0.2) is 0 Å². The van der Waals surface area contributed by atoms with Gasteiger partial charge in [0.05, 0.1) is 11.9 Å². The lowest BCUT2D eigenvalue weighted by Gasteiger charge is -2.09. The van der Waals surface area contributed by atoms with Crippen LogP contribution in [0.5, 0.6) is 0 Å². The van der Waals surface area contributed by atoms with Crippen molar-refractivity contribution >= 4 is 29.2 Å². The van der Waals surface area contributed by atoms with Crippen molar-refractivity contribution in [2.24, 2.45) is 7.05 Å². The maximum absolute atomic E-state index is 6.05. The second-order valence-corrected chi connectivity index (χ2v) is 5.89. The highest BCUT2D eigenvalue weighted by atomic mass is 35.5. The van der Waals surface area contributed by atoms with Crippen LogP contribution in [0.3, 0.4) is 0 Å². The maximum atomic E-state index is 6.05. The molecule has 0 bridgehead atoms. The van der Waals surface area contributed by atoms with Gasteiger partial charge >= 0.3 is 0 Å². The number of hydrogen-bond acceptors (Lipinski definition) is 2. The molecule has 5 heteroatoms. The summed E-state index contributed by atoms with van der Waals surface area (Å²) in [6, 6.07) is 15.5. The highest BCUT2D eigenvalue weighted by Gasteiger charge is 2.08. The van der Waals surface area contributed by atoms with Crippen molar-refractivity contribution < 1.29 is 0 Å². The minimum Gasteiger partial charge on any atom is -0.352 e. The van der Waals surface area contributed by atoms with Crippen LogP contribution in [0.4, 0.5) is 5.95 Å². The number of halogens is 2. The van der Waals surface area contributed by atoms with Crippen LogP contribution in [0.2, 0.25) is 10.0 Å². The summed E-state index contributed by atoms with van der Waals surface area (Å²) >= 11 is 12.0. The molecule has 0 saturated heterocycles. The first kappa shape index (κ1) is 14.9. The fourth-order valence-corrected chi connectivity index (χ4v) is 2.72. The standard InChI is InChI=1S/C17H15Cl2N3/c1-22-16(13-5-3-7-15(19)9-13)11-21-17(22)20-10-12-4-2-6-14(18)8-12/h2-9,11H,10H2,1H3,(H,20,21). The largest absolute Gasteiger partial charge is 0.352 e. The number of aromatic nitrogens is 2. The van der Waals surface area contributed by atoms with Gasteiger partial charge in [0, 0.05) is 29.2 Å². The molecule has 3 nitrogen and oxygen atoms in total. The first-order valence-electron chi connectivity index (χ1n) is 6.89. The van der Waals surface area contributed by atoms with Crippen molar-refractivity contribution in [2.75, 3.05) is 5.32 Å². The summed E-state index contributed by atoms with van der Waals surface area (Å²) in [5.74, 6) is 0.801. The Kier molecular flexibility index (Phi) is 4.36. The normalized spacial score (nSPS) is 10.7. The smallest absolute Gasteiger partial charge is 0.203 e. The van der Waals surface area contributed by atoms with Gasteiger partial charge in [0.2, 0.25) is 5.95 Å². The lowest BCUT2D eigenvalue weighted by atomic mass is 10.2. The first-order chi connectivity index (χ1) is 10.6. The number of nitrogens with zero attached hydrogens (tertiary/aromatic N) is 2. The van der Waals surface area contributed by atoms with Crippen molar-refractivity contribution in [3.63, 3.8) is 0 Å². The second-order valence-electron chi connectivity index (χ2n) is 5.02.